The Labute approximate surface area is 358 Å². The molecule has 0 saturated carbocycles. The van der Waals surface area contributed by atoms with E-state index in [0.29, 0.717) is 0 Å². The number of benzene rings is 10. The van der Waals surface area contributed by atoms with E-state index in [2.05, 4.69) is 254 Å². The first kappa shape index (κ1) is 36.4. The molecule has 1 aliphatic rings. The van der Waals surface area contributed by atoms with E-state index < -0.39 is 0 Å². The normalized spacial score (nSPS) is 12.9. The molecule has 10 aromatic rings. The standard InChI is InChI=1S/C59H44N2/c1-59(2)54-23-13-14-24-56(54)61(58-52-22-12-11-20-46(52)31-37-53(58)48-26-25-43-19-9-10-21-47(43)39-48)57-40-51(36-38-55(57)59)60(49-32-27-44(28-33-49)41-15-5-3-6-16-41)50-34-29-45(30-35-50)42-17-7-4-8-18-42/h3-40H,1-2H3. The predicted molar refractivity (Wildman–Crippen MR) is 259 cm³/mol. The number of anilines is 6. The summed E-state index contributed by atoms with van der Waals surface area (Å²) in [6.07, 6.45) is 0. The molecule has 1 heterocycles. The Hall–Kier alpha value is -7.68. The van der Waals surface area contributed by atoms with E-state index in [9.17, 15) is 0 Å². The zero-order chi connectivity index (χ0) is 40.9. The second-order valence-electron chi connectivity index (χ2n) is 16.6. The van der Waals surface area contributed by atoms with E-state index in [-0.39, 0.29) is 5.41 Å². The Bertz CT molecular complexity index is 3120. The van der Waals surface area contributed by atoms with Crippen LogP contribution in [0.15, 0.2) is 231 Å². The molecule has 0 aliphatic carbocycles. The minimum atomic E-state index is -0.256. The van der Waals surface area contributed by atoms with Crippen LogP contribution < -0.4 is 9.80 Å². The maximum Gasteiger partial charge on any atom is 0.0618 e. The Balaban J connectivity index is 1.14. The molecule has 11 rings (SSSR count). The summed E-state index contributed by atoms with van der Waals surface area (Å²) in [6, 6.07) is 84.3. The molecule has 61 heavy (non-hydrogen) atoms. The maximum atomic E-state index is 2.56. The molecule has 0 aromatic heterocycles. The van der Waals surface area contributed by atoms with Crippen LogP contribution in [0.3, 0.4) is 0 Å². The van der Waals surface area contributed by atoms with Gasteiger partial charge in [0.25, 0.3) is 0 Å². The fourth-order valence-corrected chi connectivity index (χ4v) is 9.49. The first-order valence-electron chi connectivity index (χ1n) is 21.2. The van der Waals surface area contributed by atoms with E-state index in [4.69, 9.17) is 0 Å². The van der Waals surface area contributed by atoms with Crippen LogP contribution in [0.2, 0.25) is 0 Å². The van der Waals surface area contributed by atoms with Gasteiger partial charge in [0.05, 0.1) is 17.1 Å². The van der Waals surface area contributed by atoms with Gasteiger partial charge in [0.2, 0.25) is 0 Å². The third-order valence-electron chi connectivity index (χ3n) is 12.6. The van der Waals surface area contributed by atoms with Crippen LogP contribution >= 0.6 is 0 Å². The highest BCUT2D eigenvalue weighted by Crippen LogP contribution is 2.56. The van der Waals surface area contributed by atoms with Gasteiger partial charge < -0.3 is 9.80 Å². The zero-order valence-corrected chi connectivity index (χ0v) is 34.3. The molecule has 0 amide bonds. The Kier molecular flexibility index (Phi) is 8.86. The lowest BCUT2D eigenvalue weighted by Crippen LogP contribution is -2.31. The Morgan fingerprint density at radius 2 is 0.836 bits per heavy atom. The lowest BCUT2D eigenvalue weighted by Gasteiger charge is -2.43. The number of fused-ring (bicyclic) bond motifs is 4. The summed E-state index contributed by atoms with van der Waals surface area (Å²) in [6.45, 7) is 4.74. The second kappa shape index (κ2) is 14.9. The van der Waals surface area contributed by atoms with Crippen molar-refractivity contribution in [1.29, 1.82) is 0 Å². The molecular weight excluding hydrogens is 737 g/mol. The monoisotopic (exact) mass is 780 g/mol. The van der Waals surface area contributed by atoms with E-state index in [0.717, 1.165) is 17.1 Å². The van der Waals surface area contributed by atoms with Gasteiger partial charge in [0, 0.05) is 33.4 Å². The van der Waals surface area contributed by atoms with Gasteiger partial charge >= 0.3 is 0 Å². The van der Waals surface area contributed by atoms with Gasteiger partial charge in [-0.25, -0.2) is 0 Å². The van der Waals surface area contributed by atoms with Gasteiger partial charge in [-0.15, -0.1) is 0 Å². The van der Waals surface area contributed by atoms with E-state index in [1.165, 1.54) is 83.1 Å². The number of hydrogen-bond donors (Lipinski definition) is 0. The molecule has 0 spiro atoms. The van der Waals surface area contributed by atoms with Gasteiger partial charge in [-0.05, 0) is 104 Å². The molecule has 0 atom stereocenters. The van der Waals surface area contributed by atoms with Crippen molar-refractivity contribution in [3.8, 4) is 33.4 Å². The summed E-state index contributed by atoms with van der Waals surface area (Å²) < 4.78 is 0. The van der Waals surface area contributed by atoms with Crippen LogP contribution in [-0.4, -0.2) is 0 Å². The third kappa shape index (κ3) is 6.36. The molecule has 2 nitrogen and oxygen atoms in total. The SMILES string of the molecule is CC1(C)c2ccccc2N(c2c(-c3ccc4ccccc4c3)ccc3ccccc23)c2cc(N(c3ccc(-c4ccccc4)cc3)c3ccc(-c4ccccc4)cc3)ccc21. The highest BCUT2D eigenvalue weighted by molar-refractivity contribution is 6.08. The van der Waals surface area contributed by atoms with Crippen molar-refractivity contribution in [2.75, 3.05) is 9.80 Å². The molecule has 10 aromatic carbocycles. The van der Waals surface area contributed by atoms with Crippen molar-refractivity contribution in [3.05, 3.63) is 242 Å². The van der Waals surface area contributed by atoms with Crippen LogP contribution in [0.1, 0.15) is 25.0 Å². The summed E-state index contributed by atoms with van der Waals surface area (Å²) in [5, 5.41) is 4.89. The molecule has 2 heteroatoms. The lowest BCUT2D eigenvalue weighted by molar-refractivity contribution is 0.632. The van der Waals surface area contributed by atoms with Crippen molar-refractivity contribution in [3.63, 3.8) is 0 Å². The van der Waals surface area contributed by atoms with Gasteiger partial charge in [-0.1, -0.05) is 196 Å². The molecule has 0 bridgehead atoms. The Morgan fingerprint density at radius 3 is 1.51 bits per heavy atom. The zero-order valence-electron chi connectivity index (χ0n) is 34.3. The lowest BCUT2D eigenvalue weighted by atomic mass is 9.73. The van der Waals surface area contributed by atoms with E-state index >= 15 is 0 Å². The maximum absolute atomic E-state index is 2.56. The molecule has 0 saturated heterocycles. The number of hydrogen-bond acceptors (Lipinski definition) is 2. The van der Waals surface area contributed by atoms with Crippen LogP contribution in [0, 0.1) is 0 Å². The fraction of sp³-hybridized carbons (Fsp3) is 0.0508. The van der Waals surface area contributed by atoms with Crippen LogP contribution in [0.4, 0.5) is 34.1 Å². The summed E-state index contributed by atoms with van der Waals surface area (Å²) in [4.78, 5) is 4.96. The van der Waals surface area contributed by atoms with Crippen LogP contribution in [0.25, 0.3) is 54.9 Å². The summed E-state index contributed by atoms with van der Waals surface area (Å²) in [7, 11) is 0. The molecule has 0 fully saturated rings. The number of rotatable bonds is 7. The molecular formula is C59H44N2. The molecule has 290 valence electrons. The van der Waals surface area contributed by atoms with Crippen LogP contribution in [-0.2, 0) is 5.41 Å². The minimum absolute atomic E-state index is 0.256. The molecule has 0 radical (unpaired) electrons. The summed E-state index contributed by atoms with van der Waals surface area (Å²) >= 11 is 0. The van der Waals surface area contributed by atoms with E-state index in [1.807, 2.05) is 0 Å². The highest BCUT2D eigenvalue weighted by atomic mass is 15.2. The van der Waals surface area contributed by atoms with Gasteiger partial charge in [0.15, 0.2) is 0 Å². The minimum Gasteiger partial charge on any atom is -0.310 e. The molecule has 1 aliphatic heterocycles. The largest absolute Gasteiger partial charge is 0.310 e. The molecule has 0 N–H and O–H groups in total. The van der Waals surface area contributed by atoms with Crippen molar-refractivity contribution in [2.45, 2.75) is 19.3 Å². The van der Waals surface area contributed by atoms with E-state index in [1.54, 1.807) is 0 Å². The average Bonchev–Trinajstić information content (AvgIpc) is 3.32. The third-order valence-corrected chi connectivity index (χ3v) is 12.6. The highest BCUT2D eigenvalue weighted by Gasteiger charge is 2.38. The fourth-order valence-electron chi connectivity index (χ4n) is 9.49. The summed E-state index contributed by atoms with van der Waals surface area (Å²) in [5.74, 6) is 0. The number of nitrogens with zero attached hydrogens (tertiary/aromatic N) is 2. The van der Waals surface area contributed by atoms with Crippen molar-refractivity contribution >= 4 is 55.7 Å². The van der Waals surface area contributed by atoms with Crippen LogP contribution in [0.5, 0.6) is 0 Å². The summed E-state index contributed by atoms with van der Waals surface area (Å²) in [5.41, 5.74) is 16.3. The van der Waals surface area contributed by atoms with Crippen molar-refractivity contribution in [1.82, 2.24) is 0 Å². The Morgan fingerprint density at radius 1 is 0.344 bits per heavy atom. The first-order chi connectivity index (χ1) is 30.0. The van der Waals surface area contributed by atoms with Gasteiger partial charge in [0.1, 0.15) is 0 Å². The van der Waals surface area contributed by atoms with Crippen molar-refractivity contribution < 1.29 is 0 Å². The topological polar surface area (TPSA) is 6.48 Å². The second-order valence-corrected chi connectivity index (χ2v) is 16.6. The average molecular weight is 781 g/mol. The number of para-hydroxylation sites is 1. The smallest absolute Gasteiger partial charge is 0.0618 e. The first-order valence-corrected chi connectivity index (χ1v) is 21.2. The van der Waals surface area contributed by atoms with Crippen molar-refractivity contribution in [2.24, 2.45) is 0 Å². The quantitative estimate of drug-likeness (QED) is 0.159. The van der Waals surface area contributed by atoms with Gasteiger partial charge in [-0.2, -0.15) is 0 Å². The van der Waals surface area contributed by atoms with Gasteiger partial charge in [-0.3, -0.25) is 0 Å². The molecule has 0 unspecified atom stereocenters. The predicted octanol–water partition coefficient (Wildman–Crippen LogP) is 16.6.